The SMILES string of the molecule is O=C(O)C[C@H]1CC[C@H](c2ccc(-c3ccc(-c4nc5ccc([N+](=O)[O-])cc5[nH]4)cc3)cc2)CC1. The van der Waals surface area contributed by atoms with Crippen molar-refractivity contribution in [2.45, 2.75) is 38.0 Å². The number of aromatic nitrogens is 2. The van der Waals surface area contributed by atoms with Gasteiger partial charge in [-0.3, -0.25) is 14.9 Å². The van der Waals surface area contributed by atoms with Gasteiger partial charge in [0.1, 0.15) is 5.82 Å². The van der Waals surface area contributed by atoms with E-state index in [9.17, 15) is 14.9 Å². The van der Waals surface area contributed by atoms with E-state index in [0.717, 1.165) is 42.4 Å². The number of nitro groups is 1. The van der Waals surface area contributed by atoms with Crippen molar-refractivity contribution in [1.29, 1.82) is 0 Å². The predicted molar refractivity (Wildman–Crippen MR) is 131 cm³/mol. The topological polar surface area (TPSA) is 109 Å². The smallest absolute Gasteiger partial charge is 0.303 e. The Labute approximate surface area is 196 Å². The van der Waals surface area contributed by atoms with Gasteiger partial charge in [0.05, 0.1) is 16.0 Å². The lowest BCUT2D eigenvalue weighted by Crippen LogP contribution is -2.16. The maximum Gasteiger partial charge on any atom is 0.303 e. The zero-order valence-electron chi connectivity index (χ0n) is 18.6. The number of non-ortho nitro benzene ring substituents is 1. The van der Waals surface area contributed by atoms with Gasteiger partial charge in [0.15, 0.2) is 0 Å². The van der Waals surface area contributed by atoms with Crippen LogP contribution in [0.5, 0.6) is 0 Å². The summed E-state index contributed by atoms with van der Waals surface area (Å²) in [5.74, 6) is 0.804. The van der Waals surface area contributed by atoms with Crippen molar-refractivity contribution >= 4 is 22.7 Å². The minimum Gasteiger partial charge on any atom is -0.481 e. The Kier molecular flexibility index (Phi) is 5.84. The number of aliphatic carboxylic acids is 1. The van der Waals surface area contributed by atoms with Gasteiger partial charge >= 0.3 is 5.97 Å². The highest BCUT2D eigenvalue weighted by atomic mass is 16.6. The number of carboxylic acids is 1. The number of hydrogen-bond acceptors (Lipinski definition) is 4. The van der Waals surface area contributed by atoms with E-state index in [1.165, 1.54) is 17.7 Å². The van der Waals surface area contributed by atoms with Crippen LogP contribution in [0.15, 0.2) is 66.7 Å². The molecule has 7 nitrogen and oxygen atoms in total. The third-order valence-corrected chi connectivity index (χ3v) is 6.86. The first-order valence-electron chi connectivity index (χ1n) is 11.5. The molecule has 172 valence electrons. The van der Waals surface area contributed by atoms with E-state index in [4.69, 9.17) is 5.11 Å². The minimum atomic E-state index is -0.692. The van der Waals surface area contributed by atoms with Crippen LogP contribution in [0.25, 0.3) is 33.5 Å². The number of hydrogen-bond donors (Lipinski definition) is 2. The number of nitro benzene ring substituents is 1. The molecule has 1 aromatic heterocycles. The fraction of sp³-hybridized carbons (Fsp3) is 0.259. The molecule has 3 aromatic carbocycles. The average molecular weight is 456 g/mol. The molecule has 2 N–H and O–H groups in total. The Morgan fingerprint density at radius 2 is 1.56 bits per heavy atom. The van der Waals surface area contributed by atoms with Crippen molar-refractivity contribution < 1.29 is 14.8 Å². The van der Waals surface area contributed by atoms with E-state index < -0.39 is 10.9 Å². The van der Waals surface area contributed by atoms with E-state index >= 15 is 0 Å². The summed E-state index contributed by atoms with van der Waals surface area (Å²) >= 11 is 0. The van der Waals surface area contributed by atoms with Gasteiger partial charge in [0.25, 0.3) is 5.69 Å². The third kappa shape index (κ3) is 4.55. The van der Waals surface area contributed by atoms with Gasteiger partial charge in [-0.2, -0.15) is 0 Å². The molecule has 0 radical (unpaired) electrons. The molecule has 0 atom stereocenters. The monoisotopic (exact) mass is 455 g/mol. The normalized spacial score (nSPS) is 18.1. The summed E-state index contributed by atoms with van der Waals surface area (Å²) in [5, 5.41) is 20.0. The number of carbonyl (C=O) groups is 1. The van der Waals surface area contributed by atoms with Gasteiger partial charge in [-0.25, -0.2) is 4.98 Å². The van der Waals surface area contributed by atoms with Crippen LogP contribution in [0.4, 0.5) is 5.69 Å². The summed E-state index contributed by atoms with van der Waals surface area (Å²) in [5.41, 5.74) is 5.85. The molecule has 0 amide bonds. The van der Waals surface area contributed by atoms with Gasteiger partial charge in [-0.05, 0) is 60.3 Å². The van der Waals surface area contributed by atoms with Crippen LogP contribution in [0, 0.1) is 16.0 Å². The number of aromatic amines is 1. The van der Waals surface area contributed by atoms with Crippen LogP contribution in [0.2, 0.25) is 0 Å². The first-order valence-corrected chi connectivity index (χ1v) is 11.5. The molecular weight excluding hydrogens is 430 g/mol. The molecule has 0 saturated heterocycles. The Bertz CT molecular complexity index is 1330. The first kappa shape index (κ1) is 21.8. The van der Waals surface area contributed by atoms with Gasteiger partial charge in [-0.15, -0.1) is 0 Å². The van der Waals surface area contributed by atoms with E-state index in [2.05, 4.69) is 46.4 Å². The van der Waals surface area contributed by atoms with Crippen molar-refractivity contribution in [2.75, 3.05) is 0 Å². The van der Waals surface area contributed by atoms with Crippen molar-refractivity contribution in [3.05, 3.63) is 82.4 Å². The van der Waals surface area contributed by atoms with E-state index in [1.807, 2.05) is 12.1 Å². The predicted octanol–water partition coefficient (Wildman–Crippen LogP) is 6.55. The van der Waals surface area contributed by atoms with Crippen molar-refractivity contribution in [3.63, 3.8) is 0 Å². The highest BCUT2D eigenvalue weighted by Gasteiger charge is 2.24. The van der Waals surface area contributed by atoms with Crippen molar-refractivity contribution in [3.8, 4) is 22.5 Å². The zero-order valence-corrected chi connectivity index (χ0v) is 18.6. The second-order valence-electron chi connectivity index (χ2n) is 9.06. The van der Waals surface area contributed by atoms with Gasteiger partial charge in [0.2, 0.25) is 0 Å². The molecule has 1 saturated carbocycles. The standard InChI is InChI=1S/C27H25N3O4/c31-26(32)15-17-1-3-18(4-2-17)19-5-7-20(8-6-19)21-9-11-22(12-10-21)27-28-24-14-13-23(30(33)34)16-25(24)29-27/h5-14,16-18H,1-4,15H2,(H,28,29)(H,31,32)/t17-,18-. The van der Waals surface area contributed by atoms with E-state index in [-0.39, 0.29) is 12.1 Å². The maximum absolute atomic E-state index is 11.0. The second kappa shape index (κ2) is 9.09. The molecule has 4 aromatic rings. The zero-order chi connectivity index (χ0) is 23.7. The molecule has 5 rings (SSSR count). The Morgan fingerprint density at radius 3 is 2.18 bits per heavy atom. The number of carboxylic acid groups (broad SMARTS) is 1. The molecule has 1 fully saturated rings. The number of H-pyrrole nitrogens is 1. The molecule has 34 heavy (non-hydrogen) atoms. The van der Waals surface area contributed by atoms with Crippen LogP contribution in [0.3, 0.4) is 0 Å². The molecule has 1 heterocycles. The highest BCUT2D eigenvalue weighted by Crippen LogP contribution is 2.37. The Morgan fingerprint density at radius 1 is 0.941 bits per heavy atom. The van der Waals surface area contributed by atoms with Crippen molar-refractivity contribution in [1.82, 2.24) is 9.97 Å². The molecule has 0 aliphatic heterocycles. The summed E-state index contributed by atoms with van der Waals surface area (Å²) in [6.45, 7) is 0. The molecule has 0 unspecified atom stereocenters. The second-order valence-corrected chi connectivity index (χ2v) is 9.06. The van der Waals surface area contributed by atoms with Crippen LogP contribution < -0.4 is 0 Å². The Balaban J connectivity index is 1.28. The summed E-state index contributed by atoms with van der Waals surface area (Å²) < 4.78 is 0. The first-order chi connectivity index (χ1) is 16.5. The van der Waals surface area contributed by atoms with Crippen LogP contribution in [-0.2, 0) is 4.79 Å². The fourth-order valence-electron chi connectivity index (χ4n) is 4.96. The Hall–Kier alpha value is -4.00. The molecule has 1 aliphatic carbocycles. The number of imidazole rings is 1. The third-order valence-electron chi connectivity index (χ3n) is 6.86. The minimum absolute atomic E-state index is 0.0369. The molecule has 0 bridgehead atoms. The quantitative estimate of drug-likeness (QED) is 0.253. The number of benzene rings is 3. The average Bonchev–Trinajstić information content (AvgIpc) is 3.28. The lowest BCUT2D eigenvalue weighted by atomic mass is 9.77. The fourth-order valence-corrected chi connectivity index (χ4v) is 4.96. The summed E-state index contributed by atoms with van der Waals surface area (Å²) in [4.78, 5) is 29.3. The summed E-state index contributed by atoms with van der Waals surface area (Å²) in [6.07, 6.45) is 4.35. The van der Waals surface area contributed by atoms with Crippen LogP contribution in [0.1, 0.15) is 43.6 Å². The van der Waals surface area contributed by atoms with Crippen molar-refractivity contribution in [2.24, 2.45) is 5.92 Å². The maximum atomic E-state index is 11.0. The molecule has 0 spiro atoms. The van der Waals surface area contributed by atoms with Crippen LogP contribution in [-0.4, -0.2) is 26.0 Å². The van der Waals surface area contributed by atoms with Gasteiger partial charge in [0, 0.05) is 24.1 Å². The lowest BCUT2D eigenvalue weighted by molar-refractivity contribution is -0.384. The van der Waals surface area contributed by atoms with Gasteiger partial charge in [-0.1, -0.05) is 48.5 Å². The van der Waals surface area contributed by atoms with E-state index in [0.29, 0.717) is 28.7 Å². The number of nitrogens with one attached hydrogen (secondary N) is 1. The molecular formula is C27H25N3O4. The summed E-state index contributed by atoms with van der Waals surface area (Å²) in [6, 6.07) is 21.4. The number of fused-ring (bicyclic) bond motifs is 1. The molecule has 1 aliphatic rings. The largest absolute Gasteiger partial charge is 0.481 e. The molecule has 7 heteroatoms. The lowest BCUT2D eigenvalue weighted by Gasteiger charge is -2.28. The highest BCUT2D eigenvalue weighted by molar-refractivity contribution is 5.82. The number of rotatable bonds is 6. The number of nitrogens with zero attached hydrogens (tertiary/aromatic N) is 2. The van der Waals surface area contributed by atoms with Gasteiger partial charge < -0.3 is 10.1 Å². The van der Waals surface area contributed by atoms with Crippen LogP contribution >= 0.6 is 0 Å². The van der Waals surface area contributed by atoms with E-state index in [1.54, 1.807) is 6.07 Å². The summed E-state index contributed by atoms with van der Waals surface area (Å²) in [7, 11) is 0.